The van der Waals surface area contributed by atoms with Gasteiger partial charge in [0.05, 0.1) is 15.1 Å². The van der Waals surface area contributed by atoms with E-state index in [9.17, 15) is 27.6 Å². The Labute approximate surface area is 169 Å². The average Bonchev–Trinajstić information content (AvgIpc) is 2.88. The molecule has 0 aromatic heterocycles. The van der Waals surface area contributed by atoms with E-state index in [1.165, 1.54) is 24.3 Å². The van der Waals surface area contributed by atoms with Crippen LogP contribution in [-0.4, -0.2) is 28.5 Å². The molecule has 0 unspecified atom stereocenters. The summed E-state index contributed by atoms with van der Waals surface area (Å²) in [5.74, 6) is -3.79. The van der Waals surface area contributed by atoms with Crippen LogP contribution in [0, 0.1) is 17.5 Å². The van der Waals surface area contributed by atoms with Crippen LogP contribution in [0.15, 0.2) is 45.8 Å². The van der Waals surface area contributed by atoms with Crippen molar-refractivity contribution in [3.63, 3.8) is 0 Å². The number of nitrogens with one attached hydrogen (secondary N) is 1. The Balaban J connectivity index is 1.71. The quantitative estimate of drug-likeness (QED) is 0.666. The molecule has 3 rings (SSSR count). The Morgan fingerprint density at radius 2 is 1.86 bits per heavy atom. The van der Waals surface area contributed by atoms with Gasteiger partial charge < -0.3 is 5.32 Å². The van der Waals surface area contributed by atoms with E-state index >= 15 is 0 Å². The van der Waals surface area contributed by atoms with Crippen molar-refractivity contribution in [1.82, 2.24) is 4.90 Å². The average molecular weight is 471 g/mol. The Morgan fingerprint density at radius 1 is 1.11 bits per heavy atom. The number of halogens is 4. The minimum absolute atomic E-state index is 0.0595. The minimum Gasteiger partial charge on any atom is -0.322 e. The van der Waals surface area contributed by atoms with Crippen molar-refractivity contribution < 1.29 is 27.6 Å². The Morgan fingerprint density at radius 3 is 2.54 bits per heavy atom. The fourth-order valence-electron chi connectivity index (χ4n) is 2.31. The van der Waals surface area contributed by atoms with Crippen molar-refractivity contribution in [3.05, 3.63) is 68.8 Å². The maximum absolute atomic E-state index is 13.6. The topological polar surface area (TPSA) is 66.5 Å². The van der Waals surface area contributed by atoms with Crippen LogP contribution in [0.1, 0.15) is 5.56 Å². The first-order chi connectivity index (χ1) is 13.2. The minimum atomic E-state index is -0.982. The molecular formula is C18H10BrF3N2O3S. The molecule has 0 saturated carbocycles. The lowest BCUT2D eigenvalue weighted by atomic mass is 10.2. The second kappa shape index (κ2) is 8.19. The number of imide groups is 1. The van der Waals surface area contributed by atoms with Crippen molar-refractivity contribution in [2.45, 2.75) is 0 Å². The summed E-state index contributed by atoms with van der Waals surface area (Å²) in [5, 5.41) is 1.51. The Bertz CT molecular complexity index is 1030. The zero-order valence-electron chi connectivity index (χ0n) is 13.8. The van der Waals surface area contributed by atoms with Crippen LogP contribution in [0.5, 0.6) is 0 Å². The van der Waals surface area contributed by atoms with Gasteiger partial charge in [0.1, 0.15) is 24.0 Å². The third-order valence-corrected chi connectivity index (χ3v) is 5.14. The number of hydrogen-bond donors (Lipinski definition) is 1. The number of thioether (sulfide) groups is 1. The van der Waals surface area contributed by atoms with E-state index in [0.717, 1.165) is 12.1 Å². The smallest absolute Gasteiger partial charge is 0.294 e. The molecule has 1 saturated heterocycles. The summed E-state index contributed by atoms with van der Waals surface area (Å²) in [5.41, 5.74) is 0.210. The molecule has 1 aliphatic rings. The fraction of sp³-hybridized carbons (Fsp3) is 0.0556. The molecule has 28 heavy (non-hydrogen) atoms. The van der Waals surface area contributed by atoms with E-state index in [1.54, 1.807) is 0 Å². The van der Waals surface area contributed by atoms with Gasteiger partial charge in [-0.2, -0.15) is 0 Å². The van der Waals surface area contributed by atoms with Gasteiger partial charge in [-0.05, 0) is 63.6 Å². The van der Waals surface area contributed by atoms with Crippen molar-refractivity contribution >= 4 is 56.5 Å². The van der Waals surface area contributed by atoms with Gasteiger partial charge in [0.2, 0.25) is 5.91 Å². The third kappa shape index (κ3) is 4.45. The molecule has 1 fully saturated rings. The third-order valence-electron chi connectivity index (χ3n) is 3.62. The van der Waals surface area contributed by atoms with Crippen LogP contribution >= 0.6 is 27.7 Å². The normalized spacial score (nSPS) is 15.4. The lowest BCUT2D eigenvalue weighted by Gasteiger charge is -2.12. The van der Waals surface area contributed by atoms with Gasteiger partial charge in [0.15, 0.2) is 0 Å². The highest BCUT2D eigenvalue weighted by Gasteiger charge is 2.36. The molecule has 10 heteroatoms. The molecule has 3 amide bonds. The zero-order chi connectivity index (χ0) is 20.4. The highest BCUT2D eigenvalue weighted by atomic mass is 79.9. The Kier molecular flexibility index (Phi) is 5.90. The van der Waals surface area contributed by atoms with Crippen LogP contribution in [0.3, 0.4) is 0 Å². The summed E-state index contributed by atoms with van der Waals surface area (Å²) in [6, 6.07) is 6.65. The van der Waals surface area contributed by atoms with Gasteiger partial charge in [-0.1, -0.05) is 6.07 Å². The van der Waals surface area contributed by atoms with Crippen LogP contribution in [0.2, 0.25) is 0 Å². The molecule has 0 radical (unpaired) electrons. The number of nitrogens with zero attached hydrogens (tertiary/aromatic N) is 1. The maximum Gasteiger partial charge on any atom is 0.294 e. The highest BCUT2D eigenvalue weighted by Crippen LogP contribution is 2.32. The molecule has 2 aromatic rings. The van der Waals surface area contributed by atoms with Crippen LogP contribution in [0.25, 0.3) is 6.08 Å². The zero-order valence-corrected chi connectivity index (χ0v) is 16.2. The Hall–Kier alpha value is -2.59. The van der Waals surface area contributed by atoms with Crippen molar-refractivity contribution in [3.8, 4) is 0 Å². The van der Waals surface area contributed by atoms with Gasteiger partial charge in [0.25, 0.3) is 11.1 Å². The standard InChI is InChI=1S/C18H10BrF3N2O3S/c19-11-5-9(1-3-12(11)21)6-15-17(26)24(18(27)28-15)8-16(25)23-14-4-2-10(20)7-13(14)22/h1-7H,8H2,(H,23,25). The van der Waals surface area contributed by atoms with Crippen molar-refractivity contribution in [1.29, 1.82) is 0 Å². The van der Waals surface area contributed by atoms with Gasteiger partial charge in [-0.25, -0.2) is 13.2 Å². The number of benzene rings is 2. The van der Waals surface area contributed by atoms with Gasteiger partial charge in [-0.3, -0.25) is 19.3 Å². The summed E-state index contributed by atoms with van der Waals surface area (Å²) >= 11 is 3.65. The summed E-state index contributed by atoms with van der Waals surface area (Å²) in [7, 11) is 0. The van der Waals surface area contributed by atoms with E-state index in [0.29, 0.717) is 28.3 Å². The number of rotatable bonds is 4. The monoisotopic (exact) mass is 470 g/mol. The highest BCUT2D eigenvalue weighted by molar-refractivity contribution is 9.10. The predicted octanol–water partition coefficient (Wildman–Crippen LogP) is 4.54. The number of anilines is 1. The number of carbonyl (C=O) groups excluding carboxylic acids is 3. The molecule has 0 atom stereocenters. The van der Waals surface area contributed by atoms with E-state index in [-0.39, 0.29) is 15.1 Å². The fourth-order valence-corrected chi connectivity index (χ4v) is 3.55. The van der Waals surface area contributed by atoms with Crippen LogP contribution < -0.4 is 5.32 Å². The maximum atomic E-state index is 13.6. The van der Waals surface area contributed by atoms with Crippen LogP contribution in [-0.2, 0) is 9.59 Å². The summed E-state index contributed by atoms with van der Waals surface area (Å²) in [6.45, 7) is -0.633. The van der Waals surface area contributed by atoms with Crippen LogP contribution in [0.4, 0.5) is 23.7 Å². The van der Waals surface area contributed by atoms with E-state index in [2.05, 4.69) is 21.2 Å². The molecule has 144 valence electrons. The second-order valence-electron chi connectivity index (χ2n) is 5.61. The molecule has 1 aliphatic heterocycles. The lowest BCUT2D eigenvalue weighted by Crippen LogP contribution is -2.36. The SMILES string of the molecule is O=C(CN1C(=O)SC(=Cc2ccc(F)c(Br)c2)C1=O)Nc1ccc(F)cc1F. The predicted molar refractivity (Wildman–Crippen MR) is 102 cm³/mol. The van der Waals surface area contributed by atoms with E-state index in [4.69, 9.17) is 0 Å². The molecule has 5 nitrogen and oxygen atoms in total. The number of carbonyl (C=O) groups is 3. The van der Waals surface area contributed by atoms with Gasteiger partial charge in [-0.15, -0.1) is 0 Å². The molecule has 2 aromatic carbocycles. The lowest BCUT2D eigenvalue weighted by molar-refractivity contribution is -0.127. The van der Waals surface area contributed by atoms with E-state index in [1.807, 2.05) is 0 Å². The molecule has 1 N–H and O–H groups in total. The first kappa shape index (κ1) is 20.2. The molecule has 0 bridgehead atoms. The van der Waals surface area contributed by atoms with Gasteiger partial charge >= 0.3 is 0 Å². The molecular weight excluding hydrogens is 461 g/mol. The van der Waals surface area contributed by atoms with E-state index < -0.39 is 41.0 Å². The van der Waals surface area contributed by atoms with Crippen molar-refractivity contribution in [2.24, 2.45) is 0 Å². The first-order valence-corrected chi connectivity index (χ1v) is 9.31. The number of hydrogen-bond acceptors (Lipinski definition) is 4. The summed E-state index contributed by atoms with van der Waals surface area (Å²) < 4.78 is 40.0. The molecule has 1 heterocycles. The molecule has 0 spiro atoms. The van der Waals surface area contributed by atoms with Gasteiger partial charge in [0, 0.05) is 6.07 Å². The first-order valence-electron chi connectivity index (χ1n) is 7.70. The largest absolute Gasteiger partial charge is 0.322 e. The second-order valence-corrected chi connectivity index (χ2v) is 7.46. The van der Waals surface area contributed by atoms with Crippen molar-refractivity contribution in [2.75, 3.05) is 11.9 Å². The summed E-state index contributed by atoms with van der Waals surface area (Å²) in [6.07, 6.45) is 1.40. The summed E-state index contributed by atoms with van der Waals surface area (Å²) in [4.78, 5) is 37.3. The number of amides is 3. The molecule has 0 aliphatic carbocycles.